The van der Waals surface area contributed by atoms with Gasteiger partial charge in [-0.3, -0.25) is 32.8 Å². The van der Waals surface area contributed by atoms with Crippen molar-refractivity contribution in [3.63, 3.8) is 0 Å². The molecule has 2 amide bonds. The summed E-state index contributed by atoms with van der Waals surface area (Å²) in [5.41, 5.74) is 9.20. The van der Waals surface area contributed by atoms with E-state index in [1.54, 1.807) is 22.8 Å². The first-order valence-corrected chi connectivity index (χ1v) is 36.1. The number of hydrogen-bond donors (Lipinski definition) is 11. The topological polar surface area (TPSA) is 471 Å². The number of amides is 2. The summed E-state index contributed by atoms with van der Waals surface area (Å²) < 4.78 is 138. The number of aromatic amines is 1. The summed E-state index contributed by atoms with van der Waals surface area (Å²) in [5.74, 6) is -0.0286. The van der Waals surface area contributed by atoms with Gasteiger partial charge in [-0.15, -0.1) is 0 Å². The highest BCUT2D eigenvalue weighted by atomic mass is 32.2. The first-order valence-electron chi connectivity index (χ1n) is 28.5. The number of nitrogen functional groups attached to an aromatic ring is 1. The highest BCUT2D eigenvalue weighted by molar-refractivity contribution is 7.86. The number of carbonyl (C=O) groups is 2. The van der Waals surface area contributed by atoms with Gasteiger partial charge < -0.3 is 60.2 Å². The van der Waals surface area contributed by atoms with E-state index in [9.17, 15) is 68.9 Å². The van der Waals surface area contributed by atoms with E-state index in [1.807, 2.05) is 25.2 Å². The van der Waals surface area contributed by atoms with Gasteiger partial charge in [0, 0.05) is 78.5 Å². The van der Waals surface area contributed by atoms with E-state index in [2.05, 4.69) is 106 Å². The number of nitrogens with two attached hydrogens (primary N) is 1. The molecule has 1 fully saturated rings. The van der Waals surface area contributed by atoms with Gasteiger partial charge in [0.15, 0.2) is 29.2 Å². The van der Waals surface area contributed by atoms with E-state index in [1.165, 1.54) is 18.2 Å². The molecule has 3 unspecified atom stereocenters. The Labute approximate surface area is 528 Å². The molecule has 502 valence electrons. The second kappa shape index (κ2) is 27.0. The molecule has 4 aliphatic rings. The predicted octanol–water partition coefficient (Wildman–Crippen LogP) is 5.81. The van der Waals surface area contributed by atoms with Crippen LogP contribution in [0.4, 0.5) is 22.1 Å². The number of allylic oxidation sites excluding steroid dienone is 9. The number of carbonyl (C=O) groups excluding carboxylic acids is 2. The number of H-pyrrole nitrogens is 1. The zero-order valence-corrected chi connectivity index (χ0v) is 55.3. The van der Waals surface area contributed by atoms with Crippen molar-refractivity contribution >= 4 is 101 Å². The second-order valence-electron chi connectivity index (χ2n) is 23.7. The van der Waals surface area contributed by atoms with Crippen LogP contribution < -0.4 is 31.6 Å². The van der Waals surface area contributed by atoms with Crippen molar-refractivity contribution in [1.82, 2.24) is 30.2 Å². The number of ether oxygens (including phenoxy) is 3. The molecule has 0 radical (unpaired) electrons. The minimum absolute atomic E-state index is 0.0338. The summed E-state index contributed by atoms with van der Waals surface area (Å²) in [6.07, 6.45) is 6.01. The molecule has 37 heteroatoms. The van der Waals surface area contributed by atoms with Gasteiger partial charge in [0.25, 0.3) is 25.8 Å². The molecule has 4 aliphatic heterocycles. The summed E-state index contributed by atoms with van der Waals surface area (Å²) >= 11 is 0. The molecule has 0 bridgehead atoms. The van der Waals surface area contributed by atoms with Gasteiger partial charge in [-0.2, -0.15) is 35.0 Å². The largest absolute Gasteiger partial charge is 0.490 e. The Morgan fingerprint density at radius 2 is 1.66 bits per heavy atom. The first kappa shape index (κ1) is 71.3. The van der Waals surface area contributed by atoms with Gasteiger partial charge in [-0.25, -0.2) is 23.5 Å². The molecule has 0 aliphatic carbocycles. The summed E-state index contributed by atoms with van der Waals surface area (Å²) in [6, 6.07) is 8.24. The Bertz CT molecular complexity index is 4230. The Hall–Kier alpha value is -6.55. The van der Waals surface area contributed by atoms with Crippen LogP contribution in [0.5, 0.6) is 5.75 Å². The number of aliphatic hydroxyl groups excluding tert-OH is 1. The number of imidazole rings is 1. The summed E-state index contributed by atoms with van der Waals surface area (Å²) in [7, 11) is -26.7. The number of aromatic nitrogens is 4. The Balaban J connectivity index is 0.973. The van der Waals surface area contributed by atoms with Crippen molar-refractivity contribution < 1.29 is 106 Å². The molecular formula is C55H73N9O23P3S2+. The van der Waals surface area contributed by atoms with Gasteiger partial charge in [0.1, 0.15) is 30.3 Å². The summed E-state index contributed by atoms with van der Waals surface area (Å²) in [5, 5.41) is 16.4. The fourth-order valence-electron chi connectivity index (χ4n) is 11.4. The zero-order valence-electron chi connectivity index (χ0n) is 51.0. The molecule has 0 saturated carbocycles. The second-order valence-corrected chi connectivity index (χ2v) is 31.1. The predicted molar refractivity (Wildman–Crippen MR) is 333 cm³/mol. The lowest BCUT2D eigenvalue weighted by atomic mass is 9.75. The number of benzene rings is 2. The molecule has 8 rings (SSSR count). The lowest BCUT2D eigenvalue weighted by Gasteiger charge is -2.43. The third kappa shape index (κ3) is 16.9. The highest BCUT2D eigenvalue weighted by Crippen LogP contribution is 2.66. The van der Waals surface area contributed by atoms with Crippen molar-refractivity contribution in [2.45, 2.75) is 121 Å². The minimum atomic E-state index is -5.98. The number of nitrogens with zero attached hydrogens (tertiary/aromatic N) is 5. The standard InChI is InChI=1S/C55H72N9O23P3S2/c1-9-64-39-28-40-36(27-35(39)32(2)29-54(64,6)7)33(25-43(83-40)53(3,4)5)15-11-10-12-16-42-55(8,37-26-34(92(79,80)81)18-19-38(37)62(42)23-14-24-91(76,77)78)20-13-17-44(65)57-21-22-58-52(68)85-47-41(30-82-89(72,73)87-90(74,75)86-88(69,70)71)84-50(46(47)66)63-31-59-45-48(63)60-51(56)61-49(45)67/h10-12,15-16,18-19,25-29,31,41,46-47,50,66H,9,13-14,17,20-24,30H2,1-8H3,(H10-,56,57,58,60,61,65,67,68,69,70,71,72,73,74,75,76,77,78,79,80,81)/p+1/t41-,46-,47-,50-,55?/m1/s1. The number of phosphoric ester groups is 1. The van der Waals surface area contributed by atoms with Crippen LogP contribution in [0.1, 0.15) is 104 Å². The van der Waals surface area contributed by atoms with E-state index >= 15 is 0 Å². The van der Waals surface area contributed by atoms with Gasteiger partial charge in [-0.05, 0) is 82.9 Å². The maximum Gasteiger partial charge on any atom is 0.490 e. The summed E-state index contributed by atoms with van der Waals surface area (Å²) in [4.78, 5) is 88.9. The monoisotopic (exact) mass is 1380 g/mol. The highest BCUT2D eigenvalue weighted by Gasteiger charge is 2.51. The zero-order chi connectivity index (χ0) is 67.9. The Morgan fingerprint density at radius 3 is 2.33 bits per heavy atom. The number of phosphoric acid groups is 3. The number of aliphatic hydroxyl groups is 1. The average molecular weight is 1390 g/mol. The van der Waals surface area contributed by atoms with E-state index in [0.29, 0.717) is 22.7 Å². The van der Waals surface area contributed by atoms with Crippen LogP contribution in [0.3, 0.4) is 0 Å². The molecule has 0 spiro atoms. The molecule has 2 aromatic heterocycles. The van der Waals surface area contributed by atoms with Crippen molar-refractivity contribution in [2.24, 2.45) is 5.41 Å². The fourth-order valence-corrected chi connectivity index (χ4v) is 15.4. The average Bonchev–Trinajstić information content (AvgIpc) is 1.36. The molecule has 2 aromatic carbocycles. The lowest BCUT2D eigenvalue weighted by molar-refractivity contribution is -0.437. The third-order valence-electron chi connectivity index (χ3n) is 15.4. The smallest absolute Gasteiger partial charge is 0.460 e. The minimum Gasteiger partial charge on any atom is -0.460 e. The normalized spacial score (nSPS) is 22.6. The van der Waals surface area contributed by atoms with Gasteiger partial charge in [0.05, 0.1) is 34.5 Å². The lowest BCUT2D eigenvalue weighted by Crippen LogP contribution is -2.45. The van der Waals surface area contributed by atoms with Gasteiger partial charge in [-0.1, -0.05) is 51.2 Å². The van der Waals surface area contributed by atoms with Crippen molar-refractivity contribution in [3.8, 4) is 5.75 Å². The van der Waals surface area contributed by atoms with Crippen LogP contribution in [0, 0.1) is 5.41 Å². The van der Waals surface area contributed by atoms with Crippen LogP contribution in [0.15, 0.2) is 94.6 Å². The molecule has 4 aromatic rings. The van der Waals surface area contributed by atoms with Crippen LogP contribution in [-0.2, 0) is 66.8 Å². The Morgan fingerprint density at radius 1 is 0.957 bits per heavy atom. The van der Waals surface area contributed by atoms with Crippen molar-refractivity contribution in [2.75, 3.05) is 49.2 Å². The molecular weight excluding hydrogens is 1310 g/mol. The van der Waals surface area contributed by atoms with Crippen LogP contribution >= 0.6 is 23.5 Å². The SMILES string of the molecule is CCN1c2cc3c(cc2C(C)=CC1(C)C)C(=CC=CC=CC1=[N+](CCCS(=O)(=O)O)c2ccc(S(=O)(=O)O)cc2C1(C)CCCC(=O)NCCNC(=O)O[C@H]1[C@@H](O)[C@H](n2cnc4c(=O)[nH]c(N)nc42)O[C@@H]1COP(=O)(O)OP(=O)(O)OP(=O)(O)O)C=C(C(C)(C)C)O3. The fraction of sp³-hybridized carbons (Fsp3) is 0.455. The molecule has 7 atom stereocenters. The molecule has 32 nitrogen and oxygen atoms in total. The van der Waals surface area contributed by atoms with E-state index < -0.39 is 108 Å². The van der Waals surface area contributed by atoms with Crippen LogP contribution in [0.2, 0.25) is 0 Å². The number of likely N-dealkylation sites (N-methyl/N-ethyl adjacent to an activating group) is 1. The number of nitrogens with one attached hydrogen (secondary N) is 3. The number of hydrogen-bond acceptors (Lipinski definition) is 21. The molecule has 12 N–H and O–H groups in total. The maximum atomic E-state index is 13.5. The van der Waals surface area contributed by atoms with Crippen LogP contribution in [0.25, 0.3) is 22.3 Å². The van der Waals surface area contributed by atoms with Crippen LogP contribution in [-0.4, -0.2) is 155 Å². The number of anilines is 2. The number of rotatable bonds is 25. The van der Waals surface area contributed by atoms with E-state index in [4.69, 9.17) is 34.3 Å². The third-order valence-corrected chi connectivity index (χ3v) is 20.8. The molecule has 92 heavy (non-hydrogen) atoms. The number of fused-ring (bicyclic) bond motifs is 4. The van der Waals surface area contributed by atoms with E-state index in [-0.39, 0.29) is 73.4 Å². The van der Waals surface area contributed by atoms with Crippen molar-refractivity contribution in [1.29, 1.82) is 0 Å². The molecule has 1 saturated heterocycles. The Kier molecular flexibility index (Phi) is 21.0. The maximum absolute atomic E-state index is 13.5. The summed E-state index contributed by atoms with van der Waals surface area (Å²) in [6.45, 7) is 15.6. The van der Waals surface area contributed by atoms with Gasteiger partial charge in [0.2, 0.25) is 17.5 Å². The quantitative estimate of drug-likeness (QED) is 0.0123. The molecule has 6 heterocycles. The van der Waals surface area contributed by atoms with Gasteiger partial charge >= 0.3 is 29.6 Å². The van der Waals surface area contributed by atoms with E-state index in [0.717, 1.165) is 51.2 Å². The van der Waals surface area contributed by atoms with Crippen molar-refractivity contribution in [3.05, 3.63) is 112 Å². The first-order chi connectivity index (χ1) is 42.6. The number of alkyl carbamates (subject to hydrolysis) is 1.